The first-order valence-corrected chi connectivity index (χ1v) is 7.02. The van der Waals surface area contributed by atoms with Gasteiger partial charge in [0.05, 0.1) is 0 Å². The number of hydrazine groups is 1. The second kappa shape index (κ2) is 6.21. The fourth-order valence-electron chi connectivity index (χ4n) is 2.35. The topological polar surface area (TPSA) is 72.8 Å². The minimum atomic E-state index is -5.07. The number of nitrogens with one attached hydrogen (secondary N) is 1. The molecule has 1 aromatic rings. The largest absolute Gasteiger partial charge is 0.438 e. The fraction of sp³-hybridized carbons (Fsp3) is 0.400. The van der Waals surface area contributed by atoms with Gasteiger partial charge in [0, 0.05) is 12.1 Å². The molecule has 1 heterocycles. The molecule has 0 saturated carbocycles. The van der Waals surface area contributed by atoms with Gasteiger partial charge in [-0.25, -0.2) is 5.01 Å². The van der Waals surface area contributed by atoms with Crippen LogP contribution in [0.15, 0.2) is 42.1 Å². The lowest BCUT2D eigenvalue weighted by Crippen LogP contribution is -2.60. The fourth-order valence-corrected chi connectivity index (χ4v) is 2.35. The van der Waals surface area contributed by atoms with E-state index in [1.807, 2.05) is 0 Å². The van der Waals surface area contributed by atoms with Crippen LogP contribution in [0.3, 0.4) is 0 Å². The van der Waals surface area contributed by atoms with Gasteiger partial charge in [-0.15, -0.1) is 0 Å². The zero-order chi connectivity index (χ0) is 17.3. The molecule has 126 valence electrons. The van der Waals surface area contributed by atoms with Crippen molar-refractivity contribution in [1.82, 2.24) is 10.4 Å². The number of nitrogens with zero attached hydrogens (tertiary/aromatic N) is 1. The van der Waals surface area contributed by atoms with Crippen LogP contribution in [-0.2, 0) is 4.79 Å². The molecule has 0 aliphatic carbocycles. The summed E-state index contributed by atoms with van der Waals surface area (Å²) in [6.07, 6.45) is -5.83. The Morgan fingerprint density at radius 2 is 2.04 bits per heavy atom. The number of hydrogen-bond acceptors (Lipinski definition) is 4. The Balaban J connectivity index is 2.34. The molecule has 1 amide bonds. The molecule has 0 aromatic heterocycles. The molecule has 1 aromatic carbocycles. The monoisotopic (exact) mass is 330 g/mol. The van der Waals surface area contributed by atoms with Crippen molar-refractivity contribution < 1.29 is 28.2 Å². The summed E-state index contributed by atoms with van der Waals surface area (Å²) in [5.74, 6) is -1.28. The Bertz CT molecular complexity index is 604. The average molecular weight is 330 g/mol. The molecule has 5 nitrogen and oxygen atoms in total. The first-order valence-electron chi connectivity index (χ1n) is 7.02. The first kappa shape index (κ1) is 17.3. The number of aliphatic hydroxyl groups excluding tert-OH is 1. The second-order valence-electron chi connectivity index (χ2n) is 5.23. The molecule has 0 radical (unpaired) electrons. The van der Waals surface area contributed by atoms with E-state index in [4.69, 9.17) is 0 Å². The number of carbonyl (C=O) groups excluding carboxylic acids is 1. The van der Waals surface area contributed by atoms with E-state index in [-0.39, 0.29) is 16.3 Å². The average Bonchev–Trinajstić information content (AvgIpc) is 2.85. The predicted molar refractivity (Wildman–Crippen MR) is 75.4 cm³/mol. The van der Waals surface area contributed by atoms with Gasteiger partial charge in [0.2, 0.25) is 0 Å². The summed E-state index contributed by atoms with van der Waals surface area (Å²) in [7, 11) is 0. The second-order valence-corrected chi connectivity index (χ2v) is 5.23. The molecule has 8 heteroatoms. The van der Waals surface area contributed by atoms with Gasteiger partial charge in [0.25, 0.3) is 11.6 Å². The van der Waals surface area contributed by atoms with Crippen LogP contribution < -0.4 is 5.43 Å². The number of alkyl halides is 3. The van der Waals surface area contributed by atoms with E-state index >= 15 is 0 Å². The van der Waals surface area contributed by atoms with Crippen LogP contribution in [0.2, 0.25) is 0 Å². The van der Waals surface area contributed by atoms with Crippen molar-refractivity contribution >= 4 is 5.91 Å². The summed E-state index contributed by atoms with van der Waals surface area (Å²) >= 11 is 0. The molecule has 1 fully saturated rings. The summed E-state index contributed by atoms with van der Waals surface area (Å²) in [5.41, 5.74) is -0.941. The molecular formula is C15H17F3N2O3. The third-order valence-corrected chi connectivity index (χ3v) is 3.54. The SMILES string of the molecule is CCC=C1CC(O)(C(F)(F)F)N(C(=O)C(O)c2ccccc2)N1. The molecule has 0 bridgehead atoms. The highest BCUT2D eigenvalue weighted by molar-refractivity contribution is 5.83. The number of aliphatic hydroxyl groups is 2. The molecule has 1 aliphatic heterocycles. The molecule has 2 atom stereocenters. The van der Waals surface area contributed by atoms with Crippen LogP contribution >= 0.6 is 0 Å². The lowest BCUT2D eigenvalue weighted by molar-refractivity contribution is -0.305. The summed E-state index contributed by atoms with van der Waals surface area (Å²) in [4.78, 5) is 12.3. The predicted octanol–water partition coefficient (Wildman–Crippen LogP) is 2.00. The number of allylic oxidation sites excluding steroid dienone is 1. The van der Waals surface area contributed by atoms with Crippen molar-refractivity contribution in [1.29, 1.82) is 0 Å². The standard InChI is InChI=1S/C15H17F3N2O3/c1-2-6-11-9-14(23,15(16,17)18)20(19-11)13(22)12(21)10-7-4-3-5-8-10/h3-8,12,19,21,23H,2,9H2,1H3. The van der Waals surface area contributed by atoms with E-state index < -0.39 is 30.3 Å². The molecule has 23 heavy (non-hydrogen) atoms. The number of benzene rings is 1. The van der Waals surface area contributed by atoms with Gasteiger partial charge >= 0.3 is 6.18 Å². The maximum atomic E-state index is 13.2. The first-order chi connectivity index (χ1) is 10.7. The molecule has 2 unspecified atom stereocenters. The van der Waals surface area contributed by atoms with Crippen molar-refractivity contribution in [2.75, 3.05) is 0 Å². The van der Waals surface area contributed by atoms with Gasteiger partial charge < -0.3 is 10.2 Å². The normalized spacial score (nSPS) is 24.6. The molecule has 2 rings (SSSR count). The van der Waals surface area contributed by atoms with Crippen LogP contribution in [0.1, 0.15) is 31.4 Å². The summed E-state index contributed by atoms with van der Waals surface area (Å²) in [5, 5.41) is 20.1. The van der Waals surface area contributed by atoms with Crippen molar-refractivity contribution in [3.05, 3.63) is 47.7 Å². The van der Waals surface area contributed by atoms with Crippen LogP contribution in [0.5, 0.6) is 0 Å². The lowest BCUT2D eigenvalue weighted by atomic mass is 10.1. The molecule has 3 N–H and O–H groups in total. The van der Waals surface area contributed by atoms with E-state index in [9.17, 15) is 28.2 Å². The Morgan fingerprint density at radius 3 is 2.57 bits per heavy atom. The van der Waals surface area contributed by atoms with Gasteiger partial charge in [-0.3, -0.25) is 10.2 Å². The number of rotatable bonds is 3. The lowest BCUT2D eigenvalue weighted by Gasteiger charge is -2.34. The van der Waals surface area contributed by atoms with E-state index in [2.05, 4.69) is 5.43 Å². The summed E-state index contributed by atoms with van der Waals surface area (Å²) in [6.45, 7) is 1.71. The third kappa shape index (κ3) is 3.18. The molecule has 1 saturated heterocycles. The van der Waals surface area contributed by atoms with Crippen molar-refractivity contribution in [2.45, 2.75) is 37.8 Å². The highest BCUT2D eigenvalue weighted by Gasteiger charge is 2.63. The van der Waals surface area contributed by atoms with Crippen molar-refractivity contribution in [3.8, 4) is 0 Å². The zero-order valence-electron chi connectivity index (χ0n) is 12.3. The van der Waals surface area contributed by atoms with Crippen LogP contribution in [-0.4, -0.2) is 33.0 Å². The Hall–Kier alpha value is -2.06. The number of halogens is 3. The molecule has 1 aliphatic rings. The zero-order valence-corrected chi connectivity index (χ0v) is 12.3. The number of carbonyl (C=O) groups is 1. The highest BCUT2D eigenvalue weighted by Crippen LogP contribution is 2.42. The van der Waals surface area contributed by atoms with Gasteiger partial charge in [-0.2, -0.15) is 13.2 Å². The van der Waals surface area contributed by atoms with Gasteiger partial charge in [0.15, 0.2) is 6.10 Å². The Morgan fingerprint density at radius 1 is 1.43 bits per heavy atom. The van der Waals surface area contributed by atoms with Crippen LogP contribution in [0, 0.1) is 0 Å². The molecular weight excluding hydrogens is 313 g/mol. The van der Waals surface area contributed by atoms with E-state index in [0.717, 1.165) is 0 Å². The maximum absolute atomic E-state index is 13.2. The summed E-state index contributed by atoms with van der Waals surface area (Å²) < 4.78 is 39.7. The minimum Gasteiger partial charge on any atom is -0.378 e. The van der Waals surface area contributed by atoms with Crippen LogP contribution in [0.4, 0.5) is 13.2 Å². The molecule has 0 spiro atoms. The quantitative estimate of drug-likeness (QED) is 0.793. The van der Waals surface area contributed by atoms with Gasteiger partial charge in [-0.1, -0.05) is 43.3 Å². The number of hydrogen-bond donors (Lipinski definition) is 3. The van der Waals surface area contributed by atoms with Gasteiger partial charge in [0.1, 0.15) is 0 Å². The Labute approximate surface area is 131 Å². The summed E-state index contributed by atoms with van der Waals surface area (Å²) in [6, 6.07) is 7.55. The van der Waals surface area contributed by atoms with Crippen molar-refractivity contribution in [2.24, 2.45) is 0 Å². The van der Waals surface area contributed by atoms with Gasteiger partial charge in [-0.05, 0) is 12.0 Å². The van der Waals surface area contributed by atoms with Crippen LogP contribution in [0.25, 0.3) is 0 Å². The minimum absolute atomic E-state index is 0.0617. The third-order valence-electron chi connectivity index (χ3n) is 3.54. The highest BCUT2D eigenvalue weighted by atomic mass is 19.4. The number of amides is 1. The maximum Gasteiger partial charge on any atom is 0.438 e. The smallest absolute Gasteiger partial charge is 0.378 e. The van der Waals surface area contributed by atoms with E-state index in [0.29, 0.717) is 6.42 Å². The Kier molecular flexibility index (Phi) is 4.67. The van der Waals surface area contributed by atoms with E-state index in [1.165, 1.54) is 18.2 Å². The van der Waals surface area contributed by atoms with E-state index in [1.54, 1.807) is 25.1 Å². The van der Waals surface area contributed by atoms with Crippen molar-refractivity contribution in [3.63, 3.8) is 0 Å².